The van der Waals surface area contributed by atoms with Gasteiger partial charge in [0, 0.05) is 20.6 Å². The summed E-state index contributed by atoms with van der Waals surface area (Å²) in [5.74, 6) is 0. The fourth-order valence-electron chi connectivity index (χ4n) is 2.38. The maximum Gasteiger partial charge on any atom is 0.00775 e. The van der Waals surface area contributed by atoms with E-state index in [1.807, 2.05) is 0 Å². The van der Waals surface area contributed by atoms with Crippen molar-refractivity contribution in [3.05, 3.63) is 0 Å². The van der Waals surface area contributed by atoms with Gasteiger partial charge in [0.05, 0.1) is 0 Å². The SMILES string of the molecule is CC(C)(C)p1[pH]p(C(C)(C)C)p(C(C)(C)C)p1C(C)(C)C. The average Bonchev–Trinajstić information content (AvgIpc) is 2.52. The van der Waals surface area contributed by atoms with Gasteiger partial charge in [-0.25, -0.2) is 0 Å². The second kappa shape index (κ2) is 6.10. The van der Waals surface area contributed by atoms with Crippen LogP contribution in [0.25, 0.3) is 0 Å². The summed E-state index contributed by atoms with van der Waals surface area (Å²) in [5.41, 5.74) is 0. The Kier molecular flexibility index (Phi) is 5.96. The molecule has 1 heterocycles. The minimum absolute atomic E-state index is 0.178. The lowest BCUT2D eigenvalue weighted by Crippen LogP contribution is -2.07. The lowest BCUT2D eigenvalue weighted by atomic mass is 10.3. The summed E-state index contributed by atoms with van der Waals surface area (Å²) in [4.78, 5) is 0. The van der Waals surface area contributed by atoms with E-state index in [0.717, 1.165) is 0 Å². The highest BCUT2D eigenvalue weighted by molar-refractivity contribution is 8.70. The molecule has 4 atom stereocenters. The van der Waals surface area contributed by atoms with Crippen LogP contribution in [0.5, 0.6) is 0 Å². The molecule has 0 fully saturated rings. The van der Waals surface area contributed by atoms with E-state index in [1.165, 1.54) is 7.55 Å². The van der Waals surface area contributed by atoms with Gasteiger partial charge >= 0.3 is 0 Å². The Morgan fingerprint density at radius 1 is 0.429 bits per heavy atom. The molecule has 126 valence electrons. The molecule has 1 rings (SSSR count). The first-order chi connectivity index (χ1) is 8.97. The third kappa shape index (κ3) is 4.75. The maximum absolute atomic E-state index is 2.55. The zero-order valence-electron chi connectivity index (χ0n) is 16.3. The summed E-state index contributed by atoms with van der Waals surface area (Å²) in [6.45, 7) is 31.3. The first kappa shape index (κ1) is 20.5. The van der Waals surface area contributed by atoms with E-state index in [-0.39, 0.29) is 27.6 Å². The van der Waals surface area contributed by atoms with Crippen LogP contribution < -0.4 is 0 Å². The van der Waals surface area contributed by atoms with Crippen molar-refractivity contribution >= 4 is 35.1 Å². The molecule has 0 bridgehead atoms. The Labute approximate surface area is 139 Å². The number of rotatable bonds is 0. The Balaban J connectivity index is 3.93. The predicted molar refractivity (Wildman–Crippen MR) is 114 cm³/mol. The third-order valence-electron chi connectivity index (χ3n) is 3.22. The van der Waals surface area contributed by atoms with Gasteiger partial charge in [-0.05, 0) is 0 Å². The maximum atomic E-state index is 2.55. The molecule has 0 aliphatic carbocycles. The van der Waals surface area contributed by atoms with Gasteiger partial charge in [0.2, 0.25) is 0 Å². The molecule has 0 saturated carbocycles. The van der Waals surface area contributed by atoms with Crippen molar-refractivity contribution in [1.29, 1.82) is 0 Å². The van der Waals surface area contributed by atoms with Crippen LogP contribution in [-0.4, -0.2) is 0 Å². The van der Waals surface area contributed by atoms with Gasteiger partial charge in [0.15, 0.2) is 0 Å². The van der Waals surface area contributed by atoms with Gasteiger partial charge in [0.25, 0.3) is 0 Å². The highest BCUT2D eigenvalue weighted by Crippen LogP contribution is 2.94. The second-order valence-electron chi connectivity index (χ2n) is 9.99. The van der Waals surface area contributed by atoms with E-state index in [2.05, 4.69) is 83.1 Å². The molecule has 21 heavy (non-hydrogen) atoms. The van der Waals surface area contributed by atoms with Crippen molar-refractivity contribution in [2.24, 2.45) is 0 Å². The standard InChI is InChI=1S/C16H37P5/c1-13(2,3)18-17-19(14(4,5)6)21(16(10,11)12)20(18)15(7,8)9/h17H,1-12H3. The molecule has 1 aromatic rings. The highest BCUT2D eigenvalue weighted by atomic mass is 32.6. The summed E-state index contributed by atoms with van der Waals surface area (Å²) in [5, 5.41) is 2.15. The van der Waals surface area contributed by atoms with E-state index < -0.39 is 0 Å². The molecule has 0 N–H and O–H groups in total. The van der Waals surface area contributed by atoms with Crippen molar-refractivity contribution < 1.29 is 0 Å². The van der Waals surface area contributed by atoms with Gasteiger partial charge in [-0.2, -0.15) is 0 Å². The first-order valence-corrected chi connectivity index (χ1v) is 18.1. The van der Waals surface area contributed by atoms with Crippen LogP contribution in [0, 0.1) is 0 Å². The van der Waals surface area contributed by atoms with Gasteiger partial charge in [-0.15, -0.1) is 0 Å². The lowest BCUT2D eigenvalue weighted by Gasteiger charge is -2.35. The molecular weight excluding hydrogens is 347 g/mol. The predicted octanol–water partition coefficient (Wildman–Crippen LogP) is 9.81. The summed E-state index contributed by atoms with van der Waals surface area (Å²) >= 11 is 0. The highest BCUT2D eigenvalue weighted by Gasteiger charge is 2.36. The van der Waals surface area contributed by atoms with Crippen molar-refractivity contribution in [1.82, 2.24) is 0 Å². The Morgan fingerprint density at radius 2 is 0.667 bits per heavy atom. The molecule has 0 radical (unpaired) electrons. The summed E-state index contributed by atoms with van der Waals surface area (Å²) < 4.78 is 0. The molecule has 0 spiro atoms. The van der Waals surface area contributed by atoms with Crippen LogP contribution in [0.4, 0.5) is 0 Å². The van der Waals surface area contributed by atoms with E-state index in [9.17, 15) is 0 Å². The quantitative estimate of drug-likeness (QED) is 0.417. The molecule has 4 unspecified atom stereocenters. The van der Waals surface area contributed by atoms with Crippen molar-refractivity contribution in [2.75, 3.05) is 0 Å². The lowest BCUT2D eigenvalue weighted by molar-refractivity contribution is 0.705. The van der Waals surface area contributed by atoms with Crippen molar-refractivity contribution in [2.45, 2.75) is 104 Å². The van der Waals surface area contributed by atoms with Crippen molar-refractivity contribution in [3.8, 4) is 0 Å². The van der Waals surface area contributed by atoms with E-state index >= 15 is 0 Å². The number of hydrogen-bond acceptors (Lipinski definition) is 0. The molecule has 1 aromatic heterocycles. The molecule has 0 aliphatic heterocycles. The van der Waals surface area contributed by atoms with Gasteiger partial charge in [0.1, 0.15) is 0 Å². The second-order valence-corrected chi connectivity index (χ2v) is 34.4. The van der Waals surface area contributed by atoms with Gasteiger partial charge in [-0.1, -0.05) is 118 Å². The zero-order valence-corrected chi connectivity index (χ0v) is 20.9. The van der Waals surface area contributed by atoms with Gasteiger partial charge in [-0.3, -0.25) is 0 Å². The molecule has 0 amide bonds. The van der Waals surface area contributed by atoms with Crippen LogP contribution in [0.1, 0.15) is 83.1 Å². The smallest absolute Gasteiger partial charge is 0.00775 e. The number of hydrogen-bond donors (Lipinski definition) is 0. The van der Waals surface area contributed by atoms with E-state index in [4.69, 9.17) is 0 Å². The zero-order chi connectivity index (χ0) is 17.0. The molecule has 0 aliphatic rings. The fraction of sp³-hybridized carbons (Fsp3) is 1.00. The molecule has 0 aromatic carbocycles. The normalized spacial score (nSPS) is 18.5. The minimum atomic E-state index is 0.178. The molecule has 0 nitrogen and oxygen atoms in total. The van der Waals surface area contributed by atoms with Crippen LogP contribution in [0.3, 0.4) is 0 Å². The Bertz CT molecular complexity index is 467. The molecular formula is C16H37P5. The van der Waals surface area contributed by atoms with Crippen LogP contribution in [-0.2, 0) is 20.6 Å². The van der Waals surface area contributed by atoms with E-state index in [0.29, 0.717) is 20.6 Å². The Morgan fingerprint density at radius 3 is 0.810 bits per heavy atom. The van der Waals surface area contributed by atoms with E-state index in [1.54, 1.807) is 0 Å². The summed E-state index contributed by atoms with van der Waals surface area (Å²) in [6, 6.07) is 0. The molecule has 5 heteroatoms. The van der Waals surface area contributed by atoms with Crippen LogP contribution in [0.2, 0.25) is 0 Å². The summed E-state index contributed by atoms with van der Waals surface area (Å²) in [7, 11) is 1.29. The topological polar surface area (TPSA) is 0 Å². The average molecular weight is 384 g/mol. The molecule has 0 saturated heterocycles. The fourth-order valence-corrected chi connectivity index (χ4v) is 79.1. The van der Waals surface area contributed by atoms with Crippen LogP contribution in [0.15, 0.2) is 0 Å². The van der Waals surface area contributed by atoms with Crippen molar-refractivity contribution in [3.63, 3.8) is 0 Å². The monoisotopic (exact) mass is 384 g/mol. The van der Waals surface area contributed by atoms with Gasteiger partial charge < -0.3 is 0 Å². The first-order valence-electron chi connectivity index (χ1n) is 7.94. The minimum Gasteiger partial charge on any atom is -0.0895 e. The van der Waals surface area contributed by atoms with Crippen LogP contribution >= 0.6 is 35.1 Å². The summed E-state index contributed by atoms with van der Waals surface area (Å²) in [6.07, 6.45) is 0. The largest absolute Gasteiger partial charge is 0.0895 e. The Hall–Kier alpha value is 1.50. The third-order valence-corrected chi connectivity index (χ3v) is 51.5.